The molecular formula is C30H24O2. The minimum atomic E-state index is -1.22. The predicted octanol–water partition coefficient (Wildman–Crippen LogP) is 5.99. The predicted molar refractivity (Wildman–Crippen MR) is 128 cm³/mol. The second-order valence-corrected chi connectivity index (χ2v) is 8.88. The van der Waals surface area contributed by atoms with Gasteiger partial charge in [-0.25, -0.2) is 0 Å². The molecule has 156 valence electrons. The summed E-state index contributed by atoms with van der Waals surface area (Å²) in [7, 11) is 0. The van der Waals surface area contributed by atoms with Crippen LogP contribution in [0.3, 0.4) is 0 Å². The van der Waals surface area contributed by atoms with E-state index in [4.69, 9.17) is 0 Å². The Labute approximate surface area is 188 Å². The van der Waals surface area contributed by atoms with Crippen LogP contribution in [0.1, 0.15) is 47.2 Å². The van der Waals surface area contributed by atoms with Gasteiger partial charge in [0.05, 0.1) is 0 Å². The normalized spacial score (nSPS) is 20.1. The van der Waals surface area contributed by atoms with Crippen molar-refractivity contribution in [3.63, 3.8) is 0 Å². The lowest BCUT2D eigenvalue weighted by Gasteiger charge is -2.30. The van der Waals surface area contributed by atoms with Crippen LogP contribution in [0.2, 0.25) is 0 Å². The van der Waals surface area contributed by atoms with Crippen LogP contribution in [0.4, 0.5) is 0 Å². The summed E-state index contributed by atoms with van der Waals surface area (Å²) in [5.41, 5.74) is 7.21. The Kier molecular flexibility index (Phi) is 3.92. The number of hydrogen-bond acceptors (Lipinski definition) is 2. The monoisotopic (exact) mass is 416 g/mol. The summed E-state index contributed by atoms with van der Waals surface area (Å²) in [6, 6.07) is 32.0. The number of benzene rings is 4. The number of aliphatic hydroxyl groups is 2. The fraction of sp³-hybridized carbons (Fsp3) is 0.133. The summed E-state index contributed by atoms with van der Waals surface area (Å²) in [6.45, 7) is 4.07. The fourth-order valence-corrected chi connectivity index (χ4v) is 5.65. The Morgan fingerprint density at radius 3 is 1.34 bits per heavy atom. The number of allylic oxidation sites excluding steroid dienone is 1. The van der Waals surface area contributed by atoms with Crippen LogP contribution >= 0.6 is 0 Å². The van der Waals surface area contributed by atoms with Crippen LogP contribution in [0, 0.1) is 0 Å². The molecule has 0 aliphatic heterocycles. The Bertz CT molecular complexity index is 1370. The molecule has 1 unspecified atom stereocenters. The molecule has 0 heterocycles. The minimum Gasteiger partial charge on any atom is -0.376 e. The van der Waals surface area contributed by atoms with E-state index in [0.29, 0.717) is 0 Å². The Hall–Kier alpha value is -3.46. The van der Waals surface area contributed by atoms with Crippen molar-refractivity contribution >= 4 is 5.57 Å². The molecule has 2 aliphatic carbocycles. The highest BCUT2D eigenvalue weighted by Gasteiger charge is 2.44. The third-order valence-electron chi connectivity index (χ3n) is 7.47. The van der Waals surface area contributed by atoms with Crippen LogP contribution in [0.15, 0.2) is 103 Å². The largest absolute Gasteiger partial charge is 0.376 e. The first-order valence-corrected chi connectivity index (χ1v) is 11.0. The van der Waals surface area contributed by atoms with E-state index in [1.165, 1.54) is 0 Å². The highest BCUT2D eigenvalue weighted by Crippen LogP contribution is 2.52. The maximum atomic E-state index is 12.1. The first kappa shape index (κ1) is 19.2. The Morgan fingerprint density at radius 1 is 0.469 bits per heavy atom. The van der Waals surface area contributed by atoms with Gasteiger partial charge in [-0.15, -0.1) is 0 Å². The molecule has 0 spiro atoms. The summed E-state index contributed by atoms with van der Waals surface area (Å²) in [6.07, 6.45) is 0. The van der Waals surface area contributed by atoms with E-state index in [-0.39, 0.29) is 0 Å². The highest BCUT2D eigenvalue weighted by atomic mass is 16.3. The fourth-order valence-electron chi connectivity index (χ4n) is 5.65. The van der Waals surface area contributed by atoms with Gasteiger partial charge in [0.15, 0.2) is 0 Å². The lowest BCUT2D eigenvalue weighted by Crippen LogP contribution is -2.28. The third kappa shape index (κ3) is 2.26. The van der Waals surface area contributed by atoms with Crippen molar-refractivity contribution in [3.8, 4) is 11.1 Å². The molecule has 2 N–H and O–H groups in total. The van der Waals surface area contributed by atoms with Crippen LogP contribution in [0.5, 0.6) is 0 Å². The molecule has 0 aromatic heterocycles. The van der Waals surface area contributed by atoms with Crippen molar-refractivity contribution in [2.45, 2.75) is 25.0 Å². The van der Waals surface area contributed by atoms with Crippen molar-refractivity contribution in [2.24, 2.45) is 0 Å². The van der Waals surface area contributed by atoms with Crippen LogP contribution in [-0.2, 0) is 11.2 Å². The summed E-state index contributed by atoms with van der Waals surface area (Å²) < 4.78 is 0. The maximum absolute atomic E-state index is 12.1. The topological polar surface area (TPSA) is 40.5 Å². The lowest BCUT2D eigenvalue weighted by atomic mass is 9.80. The van der Waals surface area contributed by atoms with E-state index >= 15 is 0 Å². The van der Waals surface area contributed by atoms with Gasteiger partial charge in [0.2, 0.25) is 0 Å². The molecule has 1 atom stereocenters. The number of rotatable bonds is 2. The zero-order valence-electron chi connectivity index (χ0n) is 18.1. The third-order valence-corrected chi connectivity index (χ3v) is 7.47. The quantitative estimate of drug-likeness (QED) is 0.421. The summed E-state index contributed by atoms with van der Waals surface area (Å²) >= 11 is 0. The van der Waals surface area contributed by atoms with Gasteiger partial charge < -0.3 is 10.2 Å². The molecule has 0 saturated carbocycles. The number of fused-ring (bicyclic) bond motifs is 4. The van der Waals surface area contributed by atoms with Crippen molar-refractivity contribution < 1.29 is 10.2 Å². The van der Waals surface area contributed by atoms with E-state index in [9.17, 15) is 10.2 Å². The SMILES string of the molecule is CC1=C(C)C(O)(c2ccc(C3(O)c4ccccc4-c4ccccc43)cc2)c2ccccc21. The molecular weight excluding hydrogens is 392 g/mol. The standard InChI is InChI=1S/C30H24O2/c1-19-20(2)29(31,26-12-6-3-9-23(19)26)21-15-17-22(18-16-21)30(32)27-13-7-4-10-24(27)25-11-5-8-14-28(25)30/h3-18,31-32H,1-2H3. The molecule has 2 aliphatic rings. The Morgan fingerprint density at radius 2 is 0.844 bits per heavy atom. The first-order chi connectivity index (χ1) is 15.5. The molecule has 6 rings (SSSR count). The summed E-state index contributed by atoms with van der Waals surface area (Å²) in [5, 5.41) is 23.9. The van der Waals surface area contributed by atoms with Crippen molar-refractivity contribution in [1.82, 2.24) is 0 Å². The molecule has 0 fully saturated rings. The van der Waals surface area contributed by atoms with E-state index in [1.807, 2.05) is 85.8 Å². The average molecular weight is 417 g/mol. The van der Waals surface area contributed by atoms with Gasteiger partial charge in [0.25, 0.3) is 0 Å². The summed E-state index contributed by atoms with van der Waals surface area (Å²) in [4.78, 5) is 0. The molecule has 4 aromatic carbocycles. The molecule has 0 radical (unpaired) electrons. The molecule has 2 nitrogen and oxygen atoms in total. The van der Waals surface area contributed by atoms with Gasteiger partial charge in [-0.3, -0.25) is 0 Å². The van der Waals surface area contributed by atoms with Gasteiger partial charge >= 0.3 is 0 Å². The van der Waals surface area contributed by atoms with E-state index in [0.717, 1.165) is 55.7 Å². The second kappa shape index (κ2) is 6.52. The Balaban J connectivity index is 1.51. The highest BCUT2D eigenvalue weighted by molar-refractivity contribution is 5.83. The lowest BCUT2D eigenvalue weighted by molar-refractivity contribution is 0.123. The molecule has 0 amide bonds. The van der Waals surface area contributed by atoms with Gasteiger partial charge in [-0.05, 0) is 58.4 Å². The minimum absolute atomic E-state index is 0.798. The average Bonchev–Trinajstić information content (AvgIpc) is 3.23. The number of hydrogen-bond donors (Lipinski definition) is 2. The zero-order chi connectivity index (χ0) is 22.1. The maximum Gasteiger partial charge on any atom is 0.141 e. The van der Waals surface area contributed by atoms with E-state index in [2.05, 4.69) is 25.1 Å². The summed E-state index contributed by atoms with van der Waals surface area (Å²) in [5.74, 6) is 0. The first-order valence-electron chi connectivity index (χ1n) is 11.0. The molecule has 0 saturated heterocycles. The second-order valence-electron chi connectivity index (χ2n) is 8.88. The van der Waals surface area contributed by atoms with E-state index in [1.54, 1.807) is 0 Å². The van der Waals surface area contributed by atoms with Gasteiger partial charge in [0, 0.05) is 11.1 Å². The van der Waals surface area contributed by atoms with Gasteiger partial charge in [-0.1, -0.05) is 97.1 Å². The van der Waals surface area contributed by atoms with Gasteiger partial charge in [0.1, 0.15) is 11.2 Å². The van der Waals surface area contributed by atoms with Crippen LogP contribution in [0.25, 0.3) is 16.7 Å². The smallest absolute Gasteiger partial charge is 0.141 e. The molecule has 0 bridgehead atoms. The van der Waals surface area contributed by atoms with Crippen molar-refractivity contribution in [2.75, 3.05) is 0 Å². The molecule has 4 aromatic rings. The molecule has 32 heavy (non-hydrogen) atoms. The van der Waals surface area contributed by atoms with Crippen LogP contribution in [-0.4, -0.2) is 10.2 Å². The molecule has 2 heteroatoms. The van der Waals surface area contributed by atoms with Crippen molar-refractivity contribution in [3.05, 3.63) is 136 Å². The van der Waals surface area contributed by atoms with Gasteiger partial charge in [-0.2, -0.15) is 0 Å². The van der Waals surface area contributed by atoms with Crippen molar-refractivity contribution in [1.29, 1.82) is 0 Å². The zero-order valence-corrected chi connectivity index (χ0v) is 18.1. The van der Waals surface area contributed by atoms with Crippen LogP contribution < -0.4 is 0 Å². The van der Waals surface area contributed by atoms with E-state index < -0.39 is 11.2 Å².